The first-order valence-corrected chi connectivity index (χ1v) is 11.9. The fraction of sp³-hybridized carbons (Fsp3) is 0.462. The van der Waals surface area contributed by atoms with Crippen LogP contribution in [0.15, 0.2) is 36.4 Å². The molecule has 2 aromatic rings. The van der Waals surface area contributed by atoms with Crippen molar-refractivity contribution < 1.29 is 33.1 Å². The number of hydrogen-bond acceptors (Lipinski definition) is 7. The summed E-state index contributed by atoms with van der Waals surface area (Å²) in [5.74, 6) is -2.35. The van der Waals surface area contributed by atoms with Crippen molar-refractivity contribution in [2.24, 2.45) is 5.92 Å². The van der Waals surface area contributed by atoms with Gasteiger partial charge in [-0.15, -0.1) is 0 Å². The highest BCUT2D eigenvalue weighted by atomic mass is 19.1. The number of carbonyl (C=O) groups is 2. The van der Waals surface area contributed by atoms with Crippen LogP contribution in [0.5, 0.6) is 11.5 Å². The van der Waals surface area contributed by atoms with E-state index in [2.05, 4.69) is 0 Å². The summed E-state index contributed by atoms with van der Waals surface area (Å²) in [6.45, 7) is 6.13. The second-order valence-electron chi connectivity index (χ2n) is 10.0. The first kappa shape index (κ1) is 25.4. The van der Waals surface area contributed by atoms with Gasteiger partial charge in [0.25, 0.3) is 0 Å². The van der Waals surface area contributed by atoms with Crippen LogP contribution in [0.4, 0.5) is 14.9 Å². The van der Waals surface area contributed by atoms with Gasteiger partial charge in [0.2, 0.25) is 11.5 Å². The number of halogens is 1. The van der Waals surface area contributed by atoms with E-state index < -0.39 is 45.8 Å². The molecule has 36 heavy (non-hydrogen) atoms. The smallest absolute Gasteiger partial charge is 0.410 e. The molecule has 0 radical (unpaired) electrons. The van der Waals surface area contributed by atoms with Crippen LogP contribution < -0.4 is 9.47 Å². The summed E-state index contributed by atoms with van der Waals surface area (Å²) in [4.78, 5) is 38.1. The van der Waals surface area contributed by atoms with Gasteiger partial charge in [0.05, 0.1) is 10.5 Å². The van der Waals surface area contributed by atoms with Gasteiger partial charge in [-0.3, -0.25) is 14.9 Å². The molecule has 0 N–H and O–H groups in total. The molecular formula is C26H29FN2O7. The summed E-state index contributed by atoms with van der Waals surface area (Å²) in [5, 5.41) is 12.0. The van der Waals surface area contributed by atoms with Crippen LogP contribution in [-0.2, 0) is 11.3 Å². The van der Waals surface area contributed by atoms with Crippen molar-refractivity contribution in [3.63, 3.8) is 0 Å². The average Bonchev–Trinajstić information content (AvgIpc) is 2.82. The Morgan fingerprint density at radius 3 is 2.50 bits per heavy atom. The van der Waals surface area contributed by atoms with E-state index in [0.717, 1.165) is 6.07 Å². The van der Waals surface area contributed by atoms with Crippen molar-refractivity contribution in [2.75, 3.05) is 13.1 Å². The van der Waals surface area contributed by atoms with Crippen LogP contribution in [0.1, 0.15) is 56.0 Å². The predicted octanol–water partition coefficient (Wildman–Crippen LogP) is 5.29. The lowest BCUT2D eigenvalue weighted by Crippen LogP contribution is -2.45. The maximum absolute atomic E-state index is 14.9. The number of nitrogens with zero attached hydrogens (tertiary/aromatic N) is 2. The molecule has 1 unspecified atom stereocenters. The van der Waals surface area contributed by atoms with Gasteiger partial charge in [-0.05, 0) is 51.2 Å². The number of piperidine rings is 1. The quantitative estimate of drug-likeness (QED) is 0.405. The number of benzene rings is 2. The molecule has 10 heteroatoms. The lowest BCUT2D eigenvalue weighted by molar-refractivity contribution is -0.387. The van der Waals surface area contributed by atoms with Crippen LogP contribution in [0.2, 0.25) is 0 Å². The molecule has 0 spiro atoms. The van der Waals surface area contributed by atoms with Gasteiger partial charge in [-0.25, -0.2) is 9.18 Å². The highest BCUT2D eigenvalue weighted by molar-refractivity contribution is 6.01. The Labute approximate surface area is 208 Å². The summed E-state index contributed by atoms with van der Waals surface area (Å²) in [6.07, 6.45) is 0.0260. The van der Waals surface area contributed by atoms with Crippen molar-refractivity contribution in [1.29, 1.82) is 0 Å². The molecule has 0 bridgehead atoms. The Balaban J connectivity index is 1.53. The van der Waals surface area contributed by atoms with Crippen LogP contribution in [-0.4, -0.2) is 46.5 Å². The number of Topliss-reactive ketones (excluding diaryl/α,β-unsaturated/α-hetero) is 1. The second kappa shape index (κ2) is 10.1. The third-order valence-electron chi connectivity index (χ3n) is 6.24. The lowest BCUT2D eigenvalue weighted by Gasteiger charge is -2.37. The average molecular weight is 501 g/mol. The number of nitro groups is 1. The molecule has 2 heterocycles. The monoisotopic (exact) mass is 500 g/mol. The van der Waals surface area contributed by atoms with Crippen LogP contribution in [0.25, 0.3) is 0 Å². The van der Waals surface area contributed by atoms with Crippen LogP contribution in [0, 0.1) is 21.8 Å². The normalized spacial score (nSPS) is 18.3. The molecule has 1 fully saturated rings. The standard InChI is InChI=1S/C26H29FN2O7/c1-26(2,3)36-25(31)28-11-9-17(10-12-28)21-14-20(30)18-13-19(27)24(22(29(32)33)23(18)35-21)34-15-16-7-5-4-6-8-16/h4-8,13,17,21H,9-12,14-15H2,1-3H3. The number of carbonyl (C=O) groups excluding carboxylic acids is 2. The van der Waals surface area contributed by atoms with Gasteiger partial charge >= 0.3 is 11.8 Å². The van der Waals surface area contributed by atoms with Crippen molar-refractivity contribution in [3.05, 3.63) is 63.5 Å². The molecule has 2 aliphatic rings. The van der Waals surface area contributed by atoms with Gasteiger partial charge in [-0.2, -0.15) is 0 Å². The van der Waals surface area contributed by atoms with Gasteiger partial charge in [0.1, 0.15) is 18.3 Å². The Morgan fingerprint density at radius 2 is 1.89 bits per heavy atom. The molecule has 2 aromatic carbocycles. The summed E-state index contributed by atoms with van der Waals surface area (Å²) in [6, 6.07) is 9.81. The second-order valence-corrected chi connectivity index (χ2v) is 10.0. The topological polar surface area (TPSA) is 108 Å². The molecule has 9 nitrogen and oxygen atoms in total. The molecule has 2 aliphatic heterocycles. The largest absolute Gasteiger partial charge is 0.482 e. The molecule has 4 rings (SSSR count). The van der Waals surface area contributed by atoms with Gasteiger partial charge in [-0.1, -0.05) is 30.3 Å². The zero-order valence-corrected chi connectivity index (χ0v) is 20.5. The van der Waals surface area contributed by atoms with Crippen molar-refractivity contribution >= 4 is 17.6 Å². The minimum Gasteiger partial charge on any atom is -0.482 e. The number of amides is 1. The SMILES string of the molecule is CC(C)(C)OC(=O)N1CCC(C2CC(=O)c3cc(F)c(OCc4ccccc4)c([N+](=O)[O-])c3O2)CC1. The third kappa shape index (κ3) is 5.58. The lowest BCUT2D eigenvalue weighted by atomic mass is 9.85. The minimum absolute atomic E-state index is 0.0229. The number of fused-ring (bicyclic) bond motifs is 1. The number of ether oxygens (including phenoxy) is 3. The van der Waals surface area contributed by atoms with Crippen LogP contribution in [0.3, 0.4) is 0 Å². The molecule has 0 aromatic heterocycles. The third-order valence-corrected chi connectivity index (χ3v) is 6.24. The Kier molecular flexibility index (Phi) is 7.14. The zero-order chi connectivity index (χ0) is 26.0. The van der Waals surface area contributed by atoms with Crippen molar-refractivity contribution in [3.8, 4) is 11.5 Å². The predicted molar refractivity (Wildman–Crippen MR) is 128 cm³/mol. The first-order valence-electron chi connectivity index (χ1n) is 11.9. The van der Waals surface area contributed by atoms with Gasteiger partial charge in [0.15, 0.2) is 11.6 Å². The molecular weight excluding hydrogens is 471 g/mol. The fourth-order valence-corrected chi connectivity index (χ4v) is 4.49. The van der Waals surface area contributed by atoms with E-state index in [1.54, 1.807) is 49.9 Å². The molecule has 1 atom stereocenters. The maximum Gasteiger partial charge on any atom is 0.410 e. The van der Waals surface area contributed by atoms with E-state index in [-0.39, 0.29) is 30.3 Å². The fourth-order valence-electron chi connectivity index (χ4n) is 4.49. The minimum atomic E-state index is -0.988. The number of likely N-dealkylation sites (tertiary alicyclic amines) is 1. The Morgan fingerprint density at radius 1 is 1.22 bits per heavy atom. The number of ketones is 1. The molecule has 192 valence electrons. The number of hydrogen-bond donors (Lipinski definition) is 0. The van der Waals surface area contributed by atoms with E-state index in [0.29, 0.717) is 31.5 Å². The Hall–Kier alpha value is -3.69. The summed E-state index contributed by atoms with van der Waals surface area (Å²) in [5.41, 5.74) is -0.750. The number of nitro benzene ring substituents is 1. The van der Waals surface area contributed by atoms with Crippen molar-refractivity contribution in [1.82, 2.24) is 4.90 Å². The summed E-state index contributed by atoms with van der Waals surface area (Å²) >= 11 is 0. The zero-order valence-electron chi connectivity index (χ0n) is 20.5. The Bertz CT molecular complexity index is 1160. The highest BCUT2D eigenvalue weighted by Gasteiger charge is 2.41. The summed E-state index contributed by atoms with van der Waals surface area (Å²) < 4.78 is 31.8. The van der Waals surface area contributed by atoms with E-state index in [1.807, 2.05) is 6.07 Å². The van der Waals surface area contributed by atoms with Crippen molar-refractivity contribution in [2.45, 2.75) is 58.3 Å². The van der Waals surface area contributed by atoms with E-state index >= 15 is 0 Å². The molecule has 0 saturated carbocycles. The van der Waals surface area contributed by atoms with E-state index in [4.69, 9.17) is 14.2 Å². The van der Waals surface area contributed by atoms with Gasteiger partial charge < -0.3 is 19.1 Å². The van der Waals surface area contributed by atoms with E-state index in [1.165, 1.54) is 0 Å². The summed E-state index contributed by atoms with van der Waals surface area (Å²) in [7, 11) is 0. The highest BCUT2D eigenvalue weighted by Crippen LogP contribution is 2.46. The van der Waals surface area contributed by atoms with Crippen LogP contribution >= 0.6 is 0 Å². The van der Waals surface area contributed by atoms with E-state index in [9.17, 15) is 24.1 Å². The maximum atomic E-state index is 14.9. The molecule has 0 aliphatic carbocycles. The number of rotatable bonds is 5. The molecule has 1 saturated heterocycles. The molecule has 1 amide bonds. The first-order chi connectivity index (χ1) is 17.0. The van der Waals surface area contributed by atoms with Gasteiger partial charge in [0, 0.05) is 19.5 Å².